The number of benzene rings is 3. The average molecular weight is 366 g/mol. The molecule has 2 N–H and O–H groups in total. The van der Waals surface area contributed by atoms with Gasteiger partial charge in [0.1, 0.15) is 0 Å². The summed E-state index contributed by atoms with van der Waals surface area (Å²) in [5.74, 6) is -0.468. The van der Waals surface area contributed by atoms with Crippen LogP contribution in [0.15, 0.2) is 70.5 Å². The molecule has 0 atom stereocenters. The van der Waals surface area contributed by atoms with Gasteiger partial charge < -0.3 is 5.73 Å². The van der Waals surface area contributed by atoms with E-state index in [1.807, 2.05) is 30.3 Å². The van der Waals surface area contributed by atoms with Crippen molar-refractivity contribution in [3.8, 4) is 0 Å². The monoisotopic (exact) mass is 365 g/mol. The number of hydrogen-bond acceptors (Lipinski definition) is 4. The Bertz CT molecular complexity index is 1030. The first-order chi connectivity index (χ1) is 12.1. The summed E-state index contributed by atoms with van der Waals surface area (Å²) in [6.45, 7) is 0. The maximum atomic E-state index is 12.9. The number of hydrogen-bond donors (Lipinski definition) is 1. The van der Waals surface area contributed by atoms with E-state index in [2.05, 4.69) is 0 Å². The van der Waals surface area contributed by atoms with Crippen molar-refractivity contribution < 1.29 is 9.59 Å². The van der Waals surface area contributed by atoms with E-state index >= 15 is 0 Å². The molecule has 3 nitrogen and oxygen atoms in total. The zero-order valence-corrected chi connectivity index (χ0v) is 14.5. The van der Waals surface area contributed by atoms with Gasteiger partial charge in [-0.3, -0.25) is 9.59 Å². The number of nitrogen functional groups attached to an aromatic ring is 1. The van der Waals surface area contributed by atoms with Crippen molar-refractivity contribution in [3.05, 3.63) is 87.9 Å². The number of rotatable bonds is 2. The van der Waals surface area contributed by atoms with Gasteiger partial charge in [0.25, 0.3) is 0 Å². The topological polar surface area (TPSA) is 60.2 Å². The van der Waals surface area contributed by atoms with Gasteiger partial charge in [-0.25, -0.2) is 0 Å². The molecule has 0 unspecified atom stereocenters. The van der Waals surface area contributed by atoms with Gasteiger partial charge in [0.05, 0.1) is 11.3 Å². The van der Waals surface area contributed by atoms with E-state index in [9.17, 15) is 9.59 Å². The molecule has 0 bridgehead atoms. The lowest BCUT2D eigenvalue weighted by molar-refractivity contribution is 0.0979. The first-order valence-corrected chi connectivity index (χ1v) is 8.80. The molecule has 1 aliphatic rings. The lowest BCUT2D eigenvalue weighted by atomic mass is 9.83. The Balaban J connectivity index is 1.85. The van der Waals surface area contributed by atoms with E-state index in [4.69, 9.17) is 17.3 Å². The molecule has 25 heavy (non-hydrogen) atoms. The highest BCUT2D eigenvalue weighted by molar-refractivity contribution is 7.99. The van der Waals surface area contributed by atoms with Gasteiger partial charge in [0.15, 0.2) is 11.6 Å². The molecule has 0 radical (unpaired) electrons. The number of carbonyl (C=O) groups excluding carboxylic acids is 2. The van der Waals surface area contributed by atoms with Crippen LogP contribution in [0.2, 0.25) is 5.02 Å². The van der Waals surface area contributed by atoms with E-state index in [0.29, 0.717) is 27.4 Å². The molecule has 0 aliphatic heterocycles. The zero-order chi connectivity index (χ0) is 17.6. The predicted octanol–water partition coefficient (Wildman–Crippen LogP) is 4.85. The fourth-order valence-electron chi connectivity index (χ4n) is 2.92. The number of carbonyl (C=O) groups is 2. The summed E-state index contributed by atoms with van der Waals surface area (Å²) >= 11 is 7.46. The third-order valence-electron chi connectivity index (χ3n) is 4.12. The SMILES string of the molecule is Nc1c(Sc2ccccc2)ccc2c1C(=O)c1cc(Cl)ccc1C2=O. The van der Waals surface area contributed by atoms with Gasteiger partial charge >= 0.3 is 0 Å². The second-order valence-electron chi connectivity index (χ2n) is 5.66. The summed E-state index contributed by atoms with van der Waals surface area (Å²) in [7, 11) is 0. The van der Waals surface area contributed by atoms with Gasteiger partial charge in [-0.2, -0.15) is 0 Å². The highest BCUT2D eigenvalue weighted by atomic mass is 35.5. The van der Waals surface area contributed by atoms with Crippen LogP contribution in [0, 0.1) is 0 Å². The van der Waals surface area contributed by atoms with Crippen LogP contribution in [0.3, 0.4) is 0 Å². The molecule has 122 valence electrons. The molecule has 0 spiro atoms. The molecule has 1 aliphatic carbocycles. The minimum absolute atomic E-state index is 0.204. The van der Waals surface area contributed by atoms with Crippen LogP contribution in [0.1, 0.15) is 31.8 Å². The standard InChI is InChI=1S/C20H12ClNO2S/c21-11-6-7-13-15(10-11)20(24)17-14(19(13)23)8-9-16(18(17)22)25-12-4-2-1-3-5-12/h1-10H,22H2. The Morgan fingerprint density at radius 2 is 1.52 bits per heavy atom. The number of halogens is 1. The van der Waals surface area contributed by atoms with Crippen LogP contribution in [0.5, 0.6) is 0 Å². The molecule has 5 heteroatoms. The Morgan fingerprint density at radius 3 is 2.28 bits per heavy atom. The normalized spacial score (nSPS) is 12.7. The molecule has 3 aromatic rings. The number of ketones is 2. The molecule has 4 rings (SSSR count). The van der Waals surface area contributed by atoms with Crippen LogP contribution in [-0.4, -0.2) is 11.6 Å². The van der Waals surface area contributed by atoms with E-state index < -0.39 is 0 Å². The second kappa shape index (κ2) is 6.06. The van der Waals surface area contributed by atoms with Crippen molar-refractivity contribution in [3.63, 3.8) is 0 Å². The van der Waals surface area contributed by atoms with Gasteiger partial charge in [-0.15, -0.1) is 0 Å². The van der Waals surface area contributed by atoms with E-state index in [-0.39, 0.29) is 17.1 Å². The first-order valence-electron chi connectivity index (χ1n) is 7.60. The quantitative estimate of drug-likeness (QED) is 0.516. The van der Waals surface area contributed by atoms with Crippen molar-refractivity contribution in [2.45, 2.75) is 9.79 Å². The maximum Gasteiger partial charge on any atom is 0.196 e. The van der Waals surface area contributed by atoms with Crippen molar-refractivity contribution in [1.82, 2.24) is 0 Å². The summed E-state index contributed by atoms with van der Waals surface area (Å²) in [5.41, 5.74) is 7.88. The Labute approximate surface area is 153 Å². The summed E-state index contributed by atoms with van der Waals surface area (Å²) in [4.78, 5) is 27.4. The average Bonchev–Trinajstić information content (AvgIpc) is 2.62. The molecule has 0 saturated carbocycles. The highest BCUT2D eigenvalue weighted by Gasteiger charge is 2.32. The van der Waals surface area contributed by atoms with Crippen LogP contribution in [0.25, 0.3) is 0 Å². The first kappa shape index (κ1) is 15.9. The second-order valence-corrected chi connectivity index (χ2v) is 7.21. The van der Waals surface area contributed by atoms with Crippen LogP contribution < -0.4 is 5.73 Å². The van der Waals surface area contributed by atoms with Gasteiger partial charge in [0, 0.05) is 31.5 Å². The Kier molecular flexibility index (Phi) is 3.86. The van der Waals surface area contributed by atoms with Gasteiger partial charge in [-0.05, 0) is 42.5 Å². The largest absolute Gasteiger partial charge is 0.397 e. The number of anilines is 1. The predicted molar refractivity (Wildman–Crippen MR) is 99.7 cm³/mol. The van der Waals surface area contributed by atoms with E-state index in [0.717, 1.165) is 9.79 Å². The summed E-state index contributed by atoms with van der Waals surface area (Å²) in [6, 6.07) is 17.9. The molecular formula is C20H12ClNO2S. The molecular weight excluding hydrogens is 354 g/mol. The highest BCUT2D eigenvalue weighted by Crippen LogP contribution is 2.39. The van der Waals surface area contributed by atoms with Crippen LogP contribution in [0.4, 0.5) is 5.69 Å². The van der Waals surface area contributed by atoms with Crippen molar-refractivity contribution in [1.29, 1.82) is 0 Å². The smallest absolute Gasteiger partial charge is 0.196 e. The van der Waals surface area contributed by atoms with Crippen LogP contribution in [-0.2, 0) is 0 Å². The minimum atomic E-state index is -0.264. The third-order valence-corrected chi connectivity index (χ3v) is 5.44. The maximum absolute atomic E-state index is 12.9. The zero-order valence-electron chi connectivity index (χ0n) is 13.0. The van der Waals surface area contributed by atoms with Gasteiger partial charge in [0.2, 0.25) is 0 Å². The summed E-state index contributed by atoms with van der Waals surface area (Å²) < 4.78 is 0. The molecule has 0 heterocycles. The fourth-order valence-corrected chi connectivity index (χ4v) is 3.99. The summed E-state index contributed by atoms with van der Waals surface area (Å²) in [6.07, 6.45) is 0. The molecule has 0 fully saturated rings. The van der Waals surface area contributed by atoms with Gasteiger partial charge in [-0.1, -0.05) is 41.6 Å². The number of fused-ring (bicyclic) bond motifs is 2. The molecule has 0 amide bonds. The molecule has 0 aromatic heterocycles. The van der Waals surface area contributed by atoms with Crippen LogP contribution >= 0.6 is 23.4 Å². The molecule has 0 saturated heterocycles. The van der Waals surface area contributed by atoms with Crippen molar-refractivity contribution >= 4 is 40.6 Å². The van der Waals surface area contributed by atoms with Crippen molar-refractivity contribution in [2.24, 2.45) is 0 Å². The lowest BCUT2D eigenvalue weighted by Gasteiger charge is -2.20. The number of nitrogens with two attached hydrogens (primary N) is 1. The minimum Gasteiger partial charge on any atom is -0.397 e. The Morgan fingerprint density at radius 1 is 0.800 bits per heavy atom. The third kappa shape index (κ3) is 2.64. The molecule has 3 aromatic carbocycles. The fraction of sp³-hybridized carbons (Fsp3) is 0. The Hall–Kier alpha value is -2.56. The van der Waals surface area contributed by atoms with Crippen molar-refractivity contribution in [2.75, 3.05) is 5.73 Å². The van der Waals surface area contributed by atoms with E-state index in [1.54, 1.807) is 24.3 Å². The summed E-state index contributed by atoms with van der Waals surface area (Å²) in [5, 5.41) is 0.414. The van der Waals surface area contributed by atoms with E-state index in [1.165, 1.54) is 17.8 Å². The lowest BCUT2D eigenvalue weighted by Crippen LogP contribution is -2.22.